The number of carbonyl (C=O) groups is 2. The lowest BCUT2D eigenvalue weighted by molar-refractivity contribution is -0.188. The van der Waals surface area contributed by atoms with Gasteiger partial charge in [-0.05, 0) is 55.7 Å². The van der Waals surface area contributed by atoms with Gasteiger partial charge in [0.05, 0.1) is 5.02 Å². The van der Waals surface area contributed by atoms with Crippen molar-refractivity contribution in [1.29, 1.82) is 0 Å². The van der Waals surface area contributed by atoms with Gasteiger partial charge in [0.25, 0.3) is 11.8 Å². The molecular formula is C23H21Cl2FN2O4. The smallest absolute Gasteiger partial charge is 0.264 e. The van der Waals surface area contributed by atoms with Crippen LogP contribution in [0.4, 0.5) is 4.39 Å². The zero-order valence-corrected chi connectivity index (χ0v) is 18.6. The lowest BCUT2D eigenvalue weighted by Gasteiger charge is -2.73. The Morgan fingerprint density at radius 3 is 2.50 bits per heavy atom. The van der Waals surface area contributed by atoms with E-state index in [1.807, 2.05) is 4.90 Å². The molecule has 4 aliphatic rings. The van der Waals surface area contributed by atoms with E-state index in [1.54, 1.807) is 24.3 Å². The van der Waals surface area contributed by atoms with Gasteiger partial charge in [-0.3, -0.25) is 9.59 Å². The number of nitrogens with one attached hydrogen (secondary N) is 1. The highest BCUT2D eigenvalue weighted by Crippen LogP contribution is 2.64. The third kappa shape index (κ3) is 3.77. The molecule has 32 heavy (non-hydrogen) atoms. The first-order chi connectivity index (χ1) is 15.3. The summed E-state index contributed by atoms with van der Waals surface area (Å²) in [5.41, 5.74) is -0.482. The van der Waals surface area contributed by atoms with Crippen LogP contribution in [0.3, 0.4) is 0 Å². The molecule has 1 saturated heterocycles. The van der Waals surface area contributed by atoms with Crippen LogP contribution in [0.5, 0.6) is 11.5 Å². The molecule has 1 heterocycles. The average Bonchev–Trinajstić information content (AvgIpc) is 3.06. The largest absolute Gasteiger partial charge is 0.484 e. The van der Waals surface area contributed by atoms with Crippen molar-refractivity contribution in [2.45, 2.75) is 42.9 Å². The third-order valence-electron chi connectivity index (χ3n) is 6.49. The lowest BCUT2D eigenvalue weighted by atomic mass is 9.43. The molecule has 6 rings (SSSR count). The third-order valence-corrected chi connectivity index (χ3v) is 7.05. The molecule has 168 valence electrons. The zero-order valence-electron chi connectivity index (χ0n) is 17.1. The molecule has 3 saturated carbocycles. The average molecular weight is 479 g/mol. The van der Waals surface area contributed by atoms with Crippen LogP contribution in [0.1, 0.15) is 25.7 Å². The van der Waals surface area contributed by atoms with Gasteiger partial charge in [-0.25, -0.2) is 4.39 Å². The number of likely N-dealkylation sites (tertiary alicyclic amines) is 1. The number of hydrogen-bond acceptors (Lipinski definition) is 4. The fourth-order valence-corrected chi connectivity index (χ4v) is 5.36. The van der Waals surface area contributed by atoms with Crippen LogP contribution < -0.4 is 14.8 Å². The topological polar surface area (TPSA) is 67.9 Å². The second-order valence-corrected chi connectivity index (χ2v) is 9.63. The summed E-state index contributed by atoms with van der Waals surface area (Å²) in [4.78, 5) is 27.1. The molecule has 2 bridgehead atoms. The minimum Gasteiger partial charge on any atom is -0.484 e. The van der Waals surface area contributed by atoms with E-state index in [0.29, 0.717) is 23.7 Å². The highest BCUT2D eigenvalue weighted by atomic mass is 35.5. The fourth-order valence-electron chi connectivity index (χ4n) is 5.11. The van der Waals surface area contributed by atoms with Crippen LogP contribution in [-0.2, 0) is 9.59 Å². The van der Waals surface area contributed by atoms with Crippen molar-refractivity contribution in [2.24, 2.45) is 0 Å². The number of hydrogen-bond donors (Lipinski definition) is 1. The standard InChI is InChI=1S/C23H21Cl2FN2O4/c24-14-1-3-15(4-2-14)32-19-7-8-28(21(19)30)23-11-22(12-23,13-23)27-20(29)10-31-16-5-6-17(25)18(26)9-16/h1-6,9,19H,7-8,10-13H2,(H,27,29). The molecule has 1 unspecified atom stereocenters. The molecule has 0 radical (unpaired) electrons. The van der Waals surface area contributed by atoms with E-state index in [0.717, 1.165) is 25.3 Å². The van der Waals surface area contributed by atoms with E-state index >= 15 is 0 Å². The van der Waals surface area contributed by atoms with E-state index in [-0.39, 0.29) is 40.3 Å². The van der Waals surface area contributed by atoms with E-state index in [9.17, 15) is 14.0 Å². The summed E-state index contributed by atoms with van der Waals surface area (Å²) in [5, 5.41) is 3.62. The number of carbonyl (C=O) groups excluding carboxylic acids is 2. The Bertz CT molecular complexity index is 1060. The molecule has 1 atom stereocenters. The minimum absolute atomic E-state index is 0.00164. The molecule has 0 spiro atoms. The van der Waals surface area contributed by atoms with Gasteiger partial charge in [0.15, 0.2) is 12.7 Å². The maximum atomic E-state index is 13.5. The lowest BCUT2D eigenvalue weighted by Crippen LogP contribution is -2.84. The Balaban J connectivity index is 1.10. The summed E-state index contributed by atoms with van der Waals surface area (Å²) in [6, 6.07) is 11.0. The zero-order chi connectivity index (χ0) is 22.5. The van der Waals surface area contributed by atoms with Gasteiger partial charge in [-0.2, -0.15) is 0 Å². The maximum Gasteiger partial charge on any atom is 0.264 e. The second-order valence-electron chi connectivity index (χ2n) is 8.79. The van der Waals surface area contributed by atoms with Crippen LogP contribution in [0.2, 0.25) is 10.0 Å². The highest BCUT2D eigenvalue weighted by Gasteiger charge is 2.72. The molecule has 4 fully saturated rings. The van der Waals surface area contributed by atoms with Crippen LogP contribution in [0, 0.1) is 5.82 Å². The summed E-state index contributed by atoms with van der Waals surface area (Å²) in [5.74, 6) is -0.0143. The quantitative estimate of drug-likeness (QED) is 0.653. The SMILES string of the molecule is O=C(COc1ccc(Cl)c(F)c1)NC12CC(N3CCC(Oc4ccc(Cl)cc4)C3=O)(C1)C2. The second kappa shape index (κ2) is 7.81. The fraction of sp³-hybridized carbons (Fsp3) is 0.391. The van der Waals surface area contributed by atoms with Crippen molar-refractivity contribution in [2.75, 3.05) is 13.2 Å². The van der Waals surface area contributed by atoms with E-state index in [2.05, 4.69) is 5.32 Å². The monoisotopic (exact) mass is 478 g/mol. The first-order valence-electron chi connectivity index (χ1n) is 10.4. The molecule has 2 aromatic rings. The molecule has 6 nitrogen and oxygen atoms in total. The number of nitrogens with zero attached hydrogens (tertiary/aromatic N) is 1. The molecule has 0 aromatic heterocycles. The Morgan fingerprint density at radius 1 is 1.12 bits per heavy atom. The van der Waals surface area contributed by atoms with Crippen molar-refractivity contribution >= 4 is 35.0 Å². The Kier molecular flexibility index (Phi) is 5.21. The predicted octanol–water partition coefficient (Wildman–Crippen LogP) is 3.98. The van der Waals surface area contributed by atoms with Gasteiger partial charge >= 0.3 is 0 Å². The van der Waals surface area contributed by atoms with Crippen LogP contribution in [0.15, 0.2) is 42.5 Å². The van der Waals surface area contributed by atoms with Gasteiger partial charge in [-0.15, -0.1) is 0 Å². The van der Waals surface area contributed by atoms with Crippen molar-refractivity contribution in [1.82, 2.24) is 10.2 Å². The number of rotatable bonds is 7. The molecule has 3 aliphatic carbocycles. The number of amides is 2. The maximum absolute atomic E-state index is 13.5. The Labute approximate surface area is 194 Å². The van der Waals surface area contributed by atoms with E-state index in [1.165, 1.54) is 12.1 Å². The van der Waals surface area contributed by atoms with Crippen molar-refractivity contribution in [3.63, 3.8) is 0 Å². The summed E-state index contributed by atoms with van der Waals surface area (Å²) in [6.07, 6.45) is 2.31. The number of halogens is 3. The Morgan fingerprint density at radius 2 is 1.81 bits per heavy atom. The van der Waals surface area contributed by atoms with Crippen LogP contribution >= 0.6 is 23.2 Å². The Hall–Kier alpha value is -2.51. The summed E-state index contributed by atoms with van der Waals surface area (Å²) < 4.78 is 24.7. The van der Waals surface area contributed by atoms with E-state index < -0.39 is 11.9 Å². The van der Waals surface area contributed by atoms with Crippen molar-refractivity contribution < 1.29 is 23.5 Å². The van der Waals surface area contributed by atoms with E-state index in [4.69, 9.17) is 32.7 Å². The number of ether oxygens (including phenoxy) is 2. The molecule has 1 N–H and O–H groups in total. The van der Waals surface area contributed by atoms with Gasteiger partial charge in [0, 0.05) is 35.1 Å². The van der Waals surface area contributed by atoms with Crippen LogP contribution in [-0.4, -0.2) is 47.0 Å². The molecular weight excluding hydrogens is 458 g/mol. The normalized spacial score (nSPS) is 28.0. The number of benzene rings is 2. The van der Waals surface area contributed by atoms with Gasteiger partial charge in [0.2, 0.25) is 0 Å². The van der Waals surface area contributed by atoms with Gasteiger partial charge in [0.1, 0.15) is 17.3 Å². The van der Waals surface area contributed by atoms with Crippen molar-refractivity contribution in [3.05, 3.63) is 58.3 Å². The first kappa shape index (κ1) is 21.3. The molecule has 9 heteroatoms. The highest BCUT2D eigenvalue weighted by molar-refractivity contribution is 6.31. The molecule has 2 aromatic carbocycles. The van der Waals surface area contributed by atoms with Crippen LogP contribution in [0.25, 0.3) is 0 Å². The predicted molar refractivity (Wildman–Crippen MR) is 117 cm³/mol. The first-order valence-corrected chi connectivity index (χ1v) is 11.2. The summed E-state index contributed by atoms with van der Waals surface area (Å²) in [6.45, 7) is 0.432. The molecule has 1 aliphatic heterocycles. The van der Waals surface area contributed by atoms with Gasteiger partial charge in [-0.1, -0.05) is 23.2 Å². The van der Waals surface area contributed by atoms with Gasteiger partial charge < -0.3 is 19.7 Å². The minimum atomic E-state index is -0.598. The van der Waals surface area contributed by atoms with Crippen molar-refractivity contribution in [3.8, 4) is 11.5 Å². The summed E-state index contributed by atoms with van der Waals surface area (Å²) in [7, 11) is 0. The molecule has 2 amide bonds. The summed E-state index contributed by atoms with van der Waals surface area (Å²) >= 11 is 11.5.